The first kappa shape index (κ1) is 9.19. The van der Waals surface area contributed by atoms with Gasteiger partial charge in [-0.1, -0.05) is 13.5 Å². The first-order chi connectivity index (χ1) is 4.70. The lowest BCUT2D eigenvalue weighted by molar-refractivity contribution is -0.116. The molecule has 0 saturated carbocycles. The largest absolute Gasteiger partial charge is 0.300 e. The van der Waals surface area contributed by atoms with Crippen molar-refractivity contribution in [1.29, 1.82) is 0 Å². The molecule has 0 bridgehead atoms. The Morgan fingerprint density at radius 2 is 2.10 bits per heavy atom. The fraction of sp³-hybridized carbons (Fsp3) is 0.556. The maximum atomic E-state index is 10.5. The molecule has 0 radical (unpaired) electrons. The van der Waals surface area contributed by atoms with Gasteiger partial charge in [0.1, 0.15) is 5.78 Å². The molecule has 1 heteroatoms. The highest BCUT2D eigenvalue weighted by Crippen LogP contribution is 2.06. The minimum atomic E-state index is 0.237. The van der Waals surface area contributed by atoms with E-state index in [0.29, 0.717) is 6.42 Å². The lowest BCUT2D eigenvalue weighted by atomic mass is 10.1. The van der Waals surface area contributed by atoms with E-state index in [9.17, 15) is 4.79 Å². The summed E-state index contributed by atoms with van der Waals surface area (Å²) in [6, 6.07) is 0. The summed E-state index contributed by atoms with van der Waals surface area (Å²) in [5, 5.41) is 0. The number of carbonyl (C=O) groups excluding carboxylic acids is 1. The number of carbonyl (C=O) groups is 1. The van der Waals surface area contributed by atoms with Gasteiger partial charge in [0.15, 0.2) is 0 Å². The van der Waals surface area contributed by atoms with Crippen LogP contribution in [0.3, 0.4) is 0 Å². The van der Waals surface area contributed by atoms with Crippen LogP contribution in [0.2, 0.25) is 0 Å². The summed E-state index contributed by atoms with van der Waals surface area (Å²) in [5.41, 5.74) is 3.97. The Morgan fingerprint density at radius 1 is 1.50 bits per heavy atom. The van der Waals surface area contributed by atoms with Gasteiger partial charge in [-0.3, -0.25) is 0 Å². The summed E-state index contributed by atoms with van der Waals surface area (Å²) >= 11 is 0. The molecule has 0 heterocycles. The van der Waals surface area contributed by atoms with Crippen LogP contribution < -0.4 is 0 Å². The zero-order chi connectivity index (χ0) is 7.98. The molecule has 56 valence electrons. The molecule has 0 saturated heterocycles. The zero-order valence-corrected chi connectivity index (χ0v) is 6.74. The molecule has 1 nitrogen and oxygen atoms in total. The monoisotopic (exact) mass is 138 g/mol. The van der Waals surface area contributed by atoms with Crippen molar-refractivity contribution < 1.29 is 4.79 Å². The van der Waals surface area contributed by atoms with Gasteiger partial charge in [-0.05, 0) is 25.3 Å². The second kappa shape index (κ2) is 5.01. The molecule has 10 heavy (non-hydrogen) atoms. The van der Waals surface area contributed by atoms with Crippen LogP contribution in [-0.4, -0.2) is 5.78 Å². The van der Waals surface area contributed by atoms with Crippen molar-refractivity contribution in [3.05, 3.63) is 17.9 Å². The molecular weight excluding hydrogens is 124 g/mol. The summed E-state index contributed by atoms with van der Waals surface area (Å²) in [6.07, 6.45) is 2.41. The Hall–Kier alpha value is -0.810. The average Bonchev–Trinajstić information content (AvgIpc) is 1.90. The van der Waals surface area contributed by atoms with Crippen LogP contribution in [-0.2, 0) is 4.79 Å². The molecule has 0 N–H and O–H groups in total. The van der Waals surface area contributed by atoms with E-state index in [2.05, 4.69) is 12.3 Å². The van der Waals surface area contributed by atoms with E-state index in [1.807, 2.05) is 6.92 Å². The zero-order valence-electron chi connectivity index (χ0n) is 6.74. The van der Waals surface area contributed by atoms with Crippen LogP contribution >= 0.6 is 0 Å². The molecule has 0 unspecified atom stereocenters. The molecule has 0 aromatic carbocycles. The maximum absolute atomic E-state index is 10.5. The average molecular weight is 138 g/mol. The van der Waals surface area contributed by atoms with E-state index >= 15 is 0 Å². The molecule has 0 aliphatic heterocycles. The van der Waals surface area contributed by atoms with Crippen LogP contribution in [0, 0.1) is 0 Å². The van der Waals surface area contributed by atoms with E-state index in [1.54, 1.807) is 6.92 Å². The first-order valence-corrected chi connectivity index (χ1v) is 3.58. The Labute approximate surface area is 62.4 Å². The van der Waals surface area contributed by atoms with Crippen LogP contribution in [0.1, 0.15) is 33.1 Å². The van der Waals surface area contributed by atoms with Gasteiger partial charge in [0, 0.05) is 6.42 Å². The summed E-state index contributed by atoms with van der Waals surface area (Å²) in [7, 11) is 0. The third-order valence-corrected chi connectivity index (χ3v) is 1.46. The van der Waals surface area contributed by atoms with E-state index in [0.717, 1.165) is 18.4 Å². The normalized spacial score (nSPS) is 8.60. The van der Waals surface area contributed by atoms with Gasteiger partial charge in [0.25, 0.3) is 0 Å². The van der Waals surface area contributed by atoms with Crippen molar-refractivity contribution in [2.75, 3.05) is 0 Å². The highest BCUT2D eigenvalue weighted by molar-refractivity contribution is 5.75. The van der Waals surface area contributed by atoms with Crippen molar-refractivity contribution in [1.82, 2.24) is 0 Å². The highest BCUT2D eigenvalue weighted by Gasteiger charge is 1.95. The number of Topliss-reactive ketones (excluding diaryl/α,β-unsaturated/α-hetero) is 1. The smallest absolute Gasteiger partial charge is 0.130 e. The quantitative estimate of drug-likeness (QED) is 0.545. The predicted molar refractivity (Wildman–Crippen MR) is 42.9 cm³/mol. The van der Waals surface area contributed by atoms with E-state index < -0.39 is 0 Å². The third-order valence-electron chi connectivity index (χ3n) is 1.46. The van der Waals surface area contributed by atoms with Gasteiger partial charge in [-0.25, -0.2) is 0 Å². The van der Waals surface area contributed by atoms with Crippen LogP contribution in [0.25, 0.3) is 0 Å². The second-order valence-corrected chi connectivity index (χ2v) is 2.34. The molecule has 0 aliphatic carbocycles. The van der Waals surface area contributed by atoms with Gasteiger partial charge in [-0.15, -0.1) is 5.73 Å². The molecule has 0 aromatic rings. The fourth-order valence-corrected chi connectivity index (χ4v) is 0.717. The number of hydrogen-bond acceptors (Lipinski definition) is 1. The number of hydrogen-bond donors (Lipinski definition) is 0. The summed E-state index contributed by atoms with van der Waals surface area (Å²) in [4.78, 5) is 10.5. The van der Waals surface area contributed by atoms with Crippen LogP contribution in [0.15, 0.2) is 17.9 Å². The van der Waals surface area contributed by atoms with Gasteiger partial charge >= 0.3 is 0 Å². The number of allylic oxidation sites excluding steroid dienone is 1. The first-order valence-electron chi connectivity index (χ1n) is 3.58. The summed E-state index contributed by atoms with van der Waals surface area (Å²) in [6.45, 7) is 7.19. The molecule has 0 atom stereocenters. The number of rotatable bonds is 4. The highest BCUT2D eigenvalue weighted by atomic mass is 16.1. The Morgan fingerprint density at radius 3 is 2.40 bits per heavy atom. The van der Waals surface area contributed by atoms with Crippen molar-refractivity contribution in [2.24, 2.45) is 0 Å². The van der Waals surface area contributed by atoms with Gasteiger partial charge < -0.3 is 4.79 Å². The standard InChI is InChI=1S/C9H14O/c1-4-9(5-2)7-6-8(3)10/h1,5-7H2,2-3H3. The van der Waals surface area contributed by atoms with E-state index in [-0.39, 0.29) is 5.78 Å². The summed E-state index contributed by atoms with van der Waals surface area (Å²) < 4.78 is 0. The third kappa shape index (κ3) is 4.11. The van der Waals surface area contributed by atoms with Crippen molar-refractivity contribution >= 4 is 5.78 Å². The Bertz CT molecular complexity index is 162. The minimum absolute atomic E-state index is 0.237. The Balaban J connectivity index is 3.67. The minimum Gasteiger partial charge on any atom is -0.300 e. The van der Waals surface area contributed by atoms with Crippen LogP contribution in [0.5, 0.6) is 0 Å². The number of ketones is 1. The second-order valence-electron chi connectivity index (χ2n) is 2.34. The van der Waals surface area contributed by atoms with Crippen molar-refractivity contribution in [2.45, 2.75) is 33.1 Å². The lowest BCUT2D eigenvalue weighted by Gasteiger charge is -1.96. The SMILES string of the molecule is C=C=C(CC)CCC(C)=O. The maximum Gasteiger partial charge on any atom is 0.130 e. The Kier molecular flexibility index (Phi) is 4.61. The van der Waals surface area contributed by atoms with E-state index in [1.165, 1.54) is 0 Å². The van der Waals surface area contributed by atoms with Crippen LogP contribution in [0.4, 0.5) is 0 Å². The van der Waals surface area contributed by atoms with Crippen molar-refractivity contribution in [3.8, 4) is 0 Å². The molecular formula is C9H14O. The lowest BCUT2D eigenvalue weighted by Crippen LogP contribution is -1.90. The van der Waals surface area contributed by atoms with Crippen molar-refractivity contribution in [3.63, 3.8) is 0 Å². The molecule has 0 amide bonds. The molecule has 0 fully saturated rings. The van der Waals surface area contributed by atoms with Gasteiger partial charge in [-0.2, -0.15) is 0 Å². The molecule has 0 spiro atoms. The topological polar surface area (TPSA) is 17.1 Å². The molecule has 0 aromatic heterocycles. The van der Waals surface area contributed by atoms with Gasteiger partial charge in [0.2, 0.25) is 0 Å². The van der Waals surface area contributed by atoms with Gasteiger partial charge in [0.05, 0.1) is 0 Å². The summed E-state index contributed by atoms with van der Waals surface area (Å²) in [5.74, 6) is 0.237. The molecule has 0 rings (SSSR count). The predicted octanol–water partition coefficient (Wildman–Crippen LogP) is 2.48. The molecule has 0 aliphatic rings. The fourth-order valence-electron chi connectivity index (χ4n) is 0.717. The van der Waals surface area contributed by atoms with E-state index in [4.69, 9.17) is 0 Å².